The lowest BCUT2D eigenvalue weighted by Gasteiger charge is -2.39. The Balaban J connectivity index is 1.69. The molecule has 2 fully saturated rings. The van der Waals surface area contributed by atoms with E-state index >= 15 is 0 Å². The van der Waals surface area contributed by atoms with E-state index in [1.54, 1.807) is 0 Å². The predicted molar refractivity (Wildman–Crippen MR) is 120 cm³/mol. The number of aromatic nitrogens is 2. The van der Waals surface area contributed by atoms with Gasteiger partial charge in [0.1, 0.15) is 0 Å². The molecule has 1 saturated heterocycles. The van der Waals surface area contributed by atoms with Gasteiger partial charge in [0.2, 0.25) is 0 Å². The number of hydrogen-bond donors (Lipinski definition) is 0. The summed E-state index contributed by atoms with van der Waals surface area (Å²) in [6.45, 7) is 12.2. The van der Waals surface area contributed by atoms with Crippen molar-refractivity contribution in [1.29, 1.82) is 0 Å². The number of aryl methyl sites for hydroxylation is 1. The molecule has 2 aromatic heterocycles. The first-order valence-corrected chi connectivity index (χ1v) is 11.4. The molecule has 4 rings (SSSR count). The largest absolute Gasteiger partial charge is 0.355 e. The van der Waals surface area contributed by atoms with Gasteiger partial charge in [-0.15, -0.1) is 0 Å². The van der Waals surface area contributed by atoms with Crippen LogP contribution in [0.2, 0.25) is 0 Å². The summed E-state index contributed by atoms with van der Waals surface area (Å²) in [6.07, 6.45) is 14.3. The average Bonchev–Trinajstić information content (AvgIpc) is 2.97. The van der Waals surface area contributed by atoms with Gasteiger partial charge in [-0.25, -0.2) is 4.98 Å². The number of pyridine rings is 1. The smallest absolute Gasteiger partial charge is 0.153 e. The van der Waals surface area contributed by atoms with Gasteiger partial charge in [-0.3, -0.25) is 0 Å². The number of rotatable bonds is 4. The third-order valence-corrected chi connectivity index (χ3v) is 7.28. The third-order valence-electron chi connectivity index (χ3n) is 7.28. The molecular weight excluding hydrogens is 342 g/mol. The molecule has 0 N–H and O–H groups in total. The van der Waals surface area contributed by atoms with Crippen LogP contribution in [0.1, 0.15) is 70.1 Å². The van der Waals surface area contributed by atoms with Crippen LogP contribution in [0.15, 0.2) is 23.9 Å². The van der Waals surface area contributed by atoms with Crippen molar-refractivity contribution in [3.8, 4) is 0 Å². The molecule has 0 aromatic carbocycles. The Hall–Kier alpha value is -1.77. The van der Waals surface area contributed by atoms with Crippen LogP contribution < -0.4 is 4.90 Å². The van der Waals surface area contributed by atoms with Gasteiger partial charge in [-0.05, 0) is 64.0 Å². The quantitative estimate of drug-likeness (QED) is 0.572. The number of anilines is 1. The van der Waals surface area contributed by atoms with Gasteiger partial charge in [0.05, 0.1) is 5.52 Å². The molecule has 3 nitrogen and oxygen atoms in total. The van der Waals surface area contributed by atoms with Crippen molar-refractivity contribution in [2.45, 2.75) is 79.2 Å². The summed E-state index contributed by atoms with van der Waals surface area (Å²) in [6, 6.07) is 2.21. The zero-order chi connectivity index (χ0) is 19.7. The maximum absolute atomic E-state index is 4.94. The van der Waals surface area contributed by atoms with Gasteiger partial charge in [-0.2, -0.15) is 0 Å². The van der Waals surface area contributed by atoms with Crippen molar-refractivity contribution in [1.82, 2.24) is 9.55 Å². The standard InChI is InChI=1S/C25H37N3/c1-18(2)13-16-28-20(4)19(3)23-12-14-26-25(24(23)28)27-15-8-11-22(17-27)21-9-6-5-7-10-21/h12-14,21-22H,5-11,15-17H2,1-4H3. The first-order chi connectivity index (χ1) is 13.6. The summed E-state index contributed by atoms with van der Waals surface area (Å²) >= 11 is 0. The minimum atomic E-state index is 0.856. The zero-order valence-corrected chi connectivity index (χ0v) is 18.3. The van der Waals surface area contributed by atoms with E-state index in [9.17, 15) is 0 Å². The molecule has 0 bridgehead atoms. The van der Waals surface area contributed by atoms with E-state index in [2.05, 4.69) is 49.3 Å². The van der Waals surface area contributed by atoms with E-state index in [4.69, 9.17) is 4.98 Å². The number of allylic oxidation sites excluding steroid dienone is 2. The van der Waals surface area contributed by atoms with E-state index in [1.807, 2.05) is 6.20 Å². The molecule has 3 heteroatoms. The Bertz CT molecular complexity index is 850. The van der Waals surface area contributed by atoms with Gasteiger partial charge in [0, 0.05) is 36.9 Å². The van der Waals surface area contributed by atoms with Crippen LogP contribution in [0.5, 0.6) is 0 Å². The number of piperidine rings is 1. The molecular formula is C25H37N3. The second-order valence-electron chi connectivity index (χ2n) is 9.38. The normalized spacial score (nSPS) is 21.3. The second-order valence-corrected chi connectivity index (χ2v) is 9.38. The molecule has 152 valence electrons. The van der Waals surface area contributed by atoms with Gasteiger partial charge < -0.3 is 9.47 Å². The number of nitrogens with zero attached hydrogens (tertiary/aromatic N) is 3. The van der Waals surface area contributed by atoms with Crippen molar-refractivity contribution in [3.05, 3.63) is 35.2 Å². The SMILES string of the molecule is CC(C)=CCn1c(C)c(C)c2ccnc(N3CCCC(C4CCCCC4)C3)c21. The molecule has 0 amide bonds. The van der Waals surface area contributed by atoms with Crippen LogP contribution in [-0.4, -0.2) is 22.6 Å². The molecule has 1 saturated carbocycles. The highest BCUT2D eigenvalue weighted by atomic mass is 15.2. The fourth-order valence-electron chi connectivity index (χ4n) is 5.50. The highest BCUT2D eigenvalue weighted by Gasteiger charge is 2.30. The van der Waals surface area contributed by atoms with Crippen LogP contribution in [0.3, 0.4) is 0 Å². The summed E-state index contributed by atoms with van der Waals surface area (Å²) in [4.78, 5) is 7.55. The monoisotopic (exact) mass is 379 g/mol. The molecule has 1 unspecified atom stereocenters. The van der Waals surface area contributed by atoms with Crippen LogP contribution in [0, 0.1) is 25.7 Å². The summed E-state index contributed by atoms with van der Waals surface area (Å²) in [5.74, 6) is 3.02. The van der Waals surface area contributed by atoms with Crippen LogP contribution in [0.25, 0.3) is 10.9 Å². The van der Waals surface area contributed by atoms with E-state index in [0.717, 1.165) is 24.9 Å². The average molecular weight is 380 g/mol. The lowest BCUT2D eigenvalue weighted by Crippen LogP contribution is -2.39. The Morgan fingerprint density at radius 1 is 1.07 bits per heavy atom. The van der Waals surface area contributed by atoms with E-state index in [1.165, 1.54) is 85.0 Å². The molecule has 3 heterocycles. The van der Waals surface area contributed by atoms with Crippen molar-refractivity contribution in [2.24, 2.45) is 11.8 Å². The molecule has 2 aliphatic rings. The van der Waals surface area contributed by atoms with Crippen molar-refractivity contribution < 1.29 is 0 Å². The fourth-order valence-corrected chi connectivity index (χ4v) is 5.50. The maximum atomic E-state index is 4.94. The molecule has 1 atom stereocenters. The molecule has 0 radical (unpaired) electrons. The summed E-state index contributed by atoms with van der Waals surface area (Å²) < 4.78 is 2.49. The minimum Gasteiger partial charge on any atom is -0.355 e. The Morgan fingerprint density at radius 2 is 1.82 bits per heavy atom. The molecule has 2 aromatic rings. The van der Waals surface area contributed by atoms with Crippen LogP contribution in [0.4, 0.5) is 5.82 Å². The number of fused-ring (bicyclic) bond motifs is 1. The predicted octanol–water partition coefficient (Wildman–Crippen LogP) is 6.42. The first kappa shape index (κ1) is 19.5. The summed E-state index contributed by atoms with van der Waals surface area (Å²) in [5.41, 5.74) is 5.50. The lowest BCUT2D eigenvalue weighted by molar-refractivity contribution is 0.220. The van der Waals surface area contributed by atoms with E-state index in [0.29, 0.717) is 0 Å². The van der Waals surface area contributed by atoms with E-state index in [-0.39, 0.29) is 0 Å². The van der Waals surface area contributed by atoms with Gasteiger partial charge in [0.25, 0.3) is 0 Å². The van der Waals surface area contributed by atoms with E-state index < -0.39 is 0 Å². The molecule has 0 spiro atoms. The Morgan fingerprint density at radius 3 is 2.57 bits per heavy atom. The molecule has 1 aliphatic carbocycles. The van der Waals surface area contributed by atoms with Crippen molar-refractivity contribution in [3.63, 3.8) is 0 Å². The first-order valence-electron chi connectivity index (χ1n) is 11.4. The zero-order valence-electron chi connectivity index (χ0n) is 18.3. The number of hydrogen-bond acceptors (Lipinski definition) is 2. The highest BCUT2D eigenvalue weighted by Crippen LogP contribution is 2.38. The topological polar surface area (TPSA) is 21.1 Å². The Labute approximate surface area is 170 Å². The maximum Gasteiger partial charge on any atom is 0.153 e. The fraction of sp³-hybridized carbons (Fsp3) is 0.640. The van der Waals surface area contributed by atoms with Gasteiger partial charge >= 0.3 is 0 Å². The summed E-state index contributed by atoms with van der Waals surface area (Å²) in [5, 5.41) is 1.38. The van der Waals surface area contributed by atoms with Gasteiger partial charge in [-0.1, -0.05) is 43.8 Å². The van der Waals surface area contributed by atoms with Crippen LogP contribution in [-0.2, 0) is 6.54 Å². The highest BCUT2D eigenvalue weighted by molar-refractivity contribution is 5.93. The lowest BCUT2D eigenvalue weighted by atomic mass is 9.76. The Kier molecular flexibility index (Phi) is 5.80. The summed E-state index contributed by atoms with van der Waals surface area (Å²) in [7, 11) is 0. The van der Waals surface area contributed by atoms with Crippen molar-refractivity contribution >= 4 is 16.7 Å². The van der Waals surface area contributed by atoms with Gasteiger partial charge in [0.15, 0.2) is 5.82 Å². The third kappa shape index (κ3) is 3.73. The van der Waals surface area contributed by atoms with Crippen LogP contribution >= 0.6 is 0 Å². The molecule has 1 aliphatic heterocycles. The van der Waals surface area contributed by atoms with Crippen molar-refractivity contribution in [2.75, 3.05) is 18.0 Å². The minimum absolute atomic E-state index is 0.856. The second kappa shape index (κ2) is 8.31. The molecule has 28 heavy (non-hydrogen) atoms.